The molecular weight excluding hydrogens is 274 g/mol. The maximum Gasteiger partial charge on any atom is 0.264 e. The Bertz CT molecular complexity index is 459. The highest BCUT2D eigenvalue weighted by Gasteiger charge is 2.29. The first-order chi connectivity index (χ1) is 9.30. The van der Waals surface area contributed by atoms with Gasteiger partial charge in [0.1, 0.15) is 0 Å². The van der Waals surface area contributed by atoms with Crippen LogP contribution in [0.25, 0.3) is 0 Å². The molecule has 1 aromatic heterocycles. The first-order valence-corrected chi connectivity index (χ1v) is 7.48. The van der Waals surface area contributed by atoms with Gasteiger partial charge in [-0.3, -0.25) is 9.59 Å². The van der Waals surface area contributed by atoms with Crippen LogP contribution in [0.15, 0.2) is 17.5 Å². The average molecular weight is 297 g/mol. The van der Waals surface area contributed by atoms with Gasteiger partial charge in [0.05, 0.1) is 17.0 Å². The standard InChI is InChI=1S/C14H23N3O2S/c1-10(2)14(3,9-15)16-12(18)8-17(4)13(19)11-6-5-7-20-11/h5-7,10H,8-9,15H2,1-4H3,(H,16,18). The van der Waals surface area contributed by atoms with E-state index in [1.807, 2.05) is 32.2 Å². The monoisotopic (exact) mass is 297 g/mol. The number of nitrogens with zero attached hydrogens (tertiary/aromatic N) is 1. The van der Waals surface area contributed by atoms with Gasteiger partial charge in [-0.25, -0.2) is 0 Å². The van der Waals surface area contributed by atoms with Crippen LogP contribution in [0, 0.1) is 5.92 Å². The van der Waals surface area contributed by atoms with Crippen molar-refractivity contribution in [3.63, 3.8) is 0 Å². The fraction of sp³-hybridized carbons (Fsp3) is 0.571. The van der Waals surface area contributed by atoms with Gasteiger partial charge in [0.25, 0.3) is 5.91 Å². The van der Waals surface area contributed by atoms with Crippen molar-refractivity contribution in [1.82, 2.24) is 10.2 Å². The molecule has 5 nitrogen and oxygen atoms in total. The Labute approximate surface area is 124 Å². The summed E-state index contributed by atoms with van der Waals surface area (Å²) in [6, 6.07) is 3.57. The summed E-state index contributed by atoms with van der Waals surface area (Å²) in [7, 11) is 1.62. The predicted octanol–water partition coefficient (Wildman–Crippen LogP) is 1.31. The Morgan fingerprint density at radius 3 is 2.60 bits per heavy atom. The Morgan fingerprint density at radius 2 is 2.15 bits per heavy atom. The molecule has 0 aliphatic heterocycles. The summed E-state index contributed by atoms with van der Waals surface area (Å²) in [4.78, 5) is 26.1. The minimum absolute atomic E-state index is 0.0268. The predicted molar refractivity (Wildman–Crippen MR) is 81.7 cm³/mol. The van der Waals surface area contributed by atoms with Crippen molar-refractivity contribution in [3.05, 3.63) is 22.4 Å². The van der Waals surface area contributed by atoms with E-state index in [-0.39, 0.29) is 24.3 Å². The molecule has 1 heterocycles. The van der Waals surface area contributed by atoms with Crippen molar-refractivity contribution in [2.24, 2.45) is 11.7 Å². The largest absolute Gasteiger partial charge is 0.348 e. The number of hydrogen-bond acceptors (Lipinski definition) is 4. The zero-order chi connectivity index (χ0) is 15.3. The van der Waals surface area contributed by atoms with E-state index in [0.717, 1.165) is 0 Å². The third-order valence-corrected chi connectivity index (χ3v) is 4.44. The number of rotatable bonds is 6. The van der Waals surface area contributed by atoms with E-state index in [1.54, 1.807) is 13.1 Å². The summed E-state index contributed by atoms with van der Waals surface area (Å²) in [5, 5.41) is 4.76. The minimum Gasteiger partial charge on any atom is -0.348 e. The molecule has 6 heteroatoms. The Balaban J connectivity index is 2.60. The number of amides is 2. The third-order valence-electron chi connectivity index (χ3n) is 3.58. The topological polar surface area (TPSA) is 75.4 Å². The lowest BCUT2D eigenvalue weighted by Crippen LogP contribution is -2.57. The average Bonchev–Trinajstić information content (AvgIpc) is 2.90. The first kappa shape index (κ1) is 16.7. The van der Waals surface area contributed by atoms with Crippen molar-refractivity contribution >= 4 is 23.2 Å². The molecule has 0 bridgehead atoms. The third kappa shape index (κ3) is 4.05. The van der Waals surface area contributed by atoms with Gasteiger partial charge in [0.2, 0.25) is 5.91 Å². The van der Waals surface area contributed by atoms with Crippen LogP contribution in [0.2, 0.25) is 0 Å². The lowest BCUT2D eigenvalue weighted by atomic mass is 9.88. The van der Waals surface area contributed by atoms with E-state index in [0.29, 0.717) is 11.4 Å². The van der Waals surface area contributed by atoms with Crippen LogP contribution in [-0.2, 0) is 4.79 Å². The van der Waals surface area contributed by atoms with Gasteiger partial charge in [-0.05, 0) is 24.3 Å². The molecule has 0 aliphatic rings. The zero-order valence-electron chi connectivity index (χ0n) is 12.5. The lowest BCUT2D eigenvalue weighted by molar-refractivity contribution is -0.123. The molecule has 0 fully saturated rings. The van der Waals surface area contributed by atoms with Gasteiger partial charge in [-0.2, -0.15) is 0 Å². The second-order valence-electron chi connectivity index (χ2n) is 5.46. The molecule has 0 radical (unpaired) electrons. The SMILES string of the molecule is CC(C)C(C)(CN)NC(=O)CN(C)C(=O)c1cccs1. The fourth-order valence-electron chi connectivity index (χ4n) is 1.66. The first-order valence-electron chi connectivity index (χ1n) is 6.60. The van der Waals surface area contributed by atoms with Gasteiger partial charge in [0.15, 0.2) is 0 Å². The number of nitrogens with one attached hydrogen (secondary N) is 1. The van der Waals surface area contributed by atoms with E-state index in [4.69, 9.17) is 5.73 Å². The van der Waals surface area contributed by atoms with Crippen molar-refractivity contribution in [3.8, 4) is 0 Å². The van der Waals surface area contributed by atoms with E-state index in [9.17, 15) is 9.59 Å². The Morgan fingerprint density at radius 1 is 1.50 bits per heavy atom. The number of thiophene rings is 1. The summed E-state index contributed by atoms with van der Waals surface area (Å²) in [6.45, 7) is 6.32. The van der Waals surface area contributed by atoms with E-state index < -0.39 is 5.54 Å². The molecule has 0 aromatic carbocycles. The van der Waals surface area contributed by atoms with Gasteiger partial charge in [-0.15, -0.1) is 11.3 Å². The quantitative estimate of drug-likeness (QED) is 0.831. The minimum atomic E-state index is -0.454. The van der Waals surface area contributed by atoms with Crippen LogP contribution < -0.4 is 11.1 Å². The number of likely N-dealkylation sites (N-methyl/N-ethyl adjacent to an activating group) is 1. The molecule has 1 aromatic rings. The highest BCUT2D eigenvalue weighted by Crippen LogP contribution is 2.15. The molecule has 2 amide bonds. The maximum atomic E-state index is 12.0. The lowest BCUT2D eigenvalue weighted by Gasteiger charge is -2.34. The van der Waals surface area contributed by atoms with Crippen molar-refractivity contribution < 1.29 is 9.59 Å². The molecule has 0 aliphatic carbocycles. The molecule has 20 heavy (non-hydrogen) atoms. The van der Waals surface area contributed by atoms with Crippen LogP contribution >= 0.6 is 11.3 Å². The number of nitrogens with two attached hydrogens (primary N) is 1. The zero-order valence-corrected chi connectivity index (χ0v) is 13.3. The smallest absolute Gasteiger partial charge is 0.264 e. The number of carbonyl (C=O) groups is 2. The highest BCUT2D eigenvalue weighted by atomic mass is 32.1. The number of hydrogen-bond donors (Lipinski definition) is 2. The van der Waals surface area contributed by atoms with Crippen LogP contribution in [-0.4, -0.2) is 42.4 Å². The summed E-state index contributed by atoms with van der Waals surface area (Å²) in [5.74, 6) is -0.122. The highest BCUT2D eigenvalue weighted by molar-refractivity contribution is 7.12. The summed E-state index contributed by atoms with van der Waals surface area (Å²) >= 11 is 1.37. The van der Waals surface area contributed by atoms with Crippen molar-refractivity contribution in [1.29, 1.82) is 0 Å². The summed E-state index contributed by atoms with van der Waals surface area (Å²) < 4.78 is 0. The van der Waals surface area contributed by atoms with Gasteiger partial charge in [0, 0.05) is 13.6 Å². The van der Waals surface area contributed by atoms with Crippen LogP contribution in [0.3, 0.4) is 0 Å². The molecular formula is C14H23N3O2S. The molecule has 1 atom stereocenters. The molecule has 0 spiro atoms. The second kappa shape index (κ2) is 6.85. The molecule has 0 saturated carbocycles. The molecule has 0 saturated heterocycles. The van der Waals surface area contributed by atoms with Crippen molar-refractivity contribution in [2.45, 2.75) is 26.3 Å². The van der Waals surface area contributed by atoms with E-state index >= 15 is 0 Å². The van der Waals surface area contributed by atoms with Crippen molar-refractivity contribution in [2.75, 3.05) is 20.1 Å². The molecule has 1 rings (SSSR count). The molecule has 3 N–H and O–H groups in total. The van der Waals surface area contributed by atoms with Crippen LogP contribution in [0.4, 0.5) is 0 Å². The maximum absolute atomic E-state index is 12.0. The van der Waals surface area contributed by atoms with E-state index in [1.165, 1.54) is 16.2 Å². The van der Waals surface area contributed by atoms with Gasteiger partial charge in [-0.1, -0.05) is 19.9 Å². The van der Waals surface area contributed by atoms with Crippen LogP contribution in [0.5, 0.6) is 0 Å². The fourth-order valence-corrected chi connectivity index (χ4v) is 2.38. The van der Waals surface area contributed by atoms with E-state index in [2.05, 4.69) is 5.32 Å². The van der Waals surface area contributed by atoms with Gasteiger partial charge < -0.3 is 16.0 Å². The molecule has 112 valence electrons. The Hall–Kier alpha value is -1.40. The normalized spacial score (nSPS) is 13.9. The number of carbonyl (C=O) groups excluding carboxylic acids is 2. The molecule has 1 unspecified atom stereocenters. The summed E-state index contributed by atoms with van der Waals surface area (Å²) in [6.07, 6.45) is 0. The Kier molecular flexibility index (Phi) is 5.71. The summed E-state index contributed by atoms with van der Waals surface area (Å²) in [5.41, 5.74) is 5.28. The van der Waals surface area contributed by atoms with Gasteiger partial charge >= 0.3 is 0 Å². The second-order valence-corrected chi connectivity index (χ2v) is 6.41. The van der Waals surface area contributed by atoms with Crippen LogP contribution in [0.1, 0.15) is 30.4 Å².